The Labute approximate surface area is 244 Å². The zero-order valence-electron chi connectivity index (χ0n) is 25.5. The highest BCUT2D eigenvalue weighted by Gasteiger charge is 2.26. The van der Waals surface area contributed by atoms with Crippen molar-refractivity contribution in [1.82, 2.24) is 4.98 Å². The Morgan fingerprint density at radius 1 is 0.561 bits per heavy atom. The van der Waals surface area contributed by atoms with Crippen molar-refractivity contribution in [2.45, 2.75) is 77.6 Å². The van der Waals surface area contributed by atoms with Gasteiger partial charge in [-0.3, -0.25) is 4.98 Å². The molecule has 4 aromatic carbocycles. The van der Waals surface area contributed by atoms with E-state index in [9.17, 15) is 0 Å². The first-order valence-electron chi connectivity index (χ1n) is 14.7. The van der Waals surface area contributed by atoms with Gasteiger partial charge in [0.05, 0.1) is 5.52 Å². The number of hydrogen-bond donors (Lipinski definition) is 0. The maximum absolute atomic E-state index is 5.64. The van der Waals surface area contributed by atoms with E-state index < -0.39 is 0 Å². The van der Waals surface area contributed by atoms with Crippen molar-refractivity contribution < 1.29 is 9.47 Å². The molecule has 2 heterocycles. The lowest BCUT2D eigenvalue weighted by atomic mass is 9.78. The van der Waals surface area contributed by atoms with Gasteiger partial charge >= 0.3 is 0 Å². The Morgan fingerprint density at radius 2 is 1.20 bits per heavy atom. The second-order valence-corrected chi connectivity index (χ2v) is 14.0. The quantitative estimate of drug-likeness (QED) is 0.214. The number of aromatic nitrogens is 1. The molecule has 0 fully saturated rings. The van der Waals surface area contributed by atoms with E-state index in [2.05, 4.69) is 127 Å². The molecule has 41 heavy (non-hydrogen) atoms. The highest BCUT2D eigenvalue weighted by atomic mass is 16.7. The Balaban J connectivity index is 1.26. The van der Waals surface area contributed by atoms with E-state index in [1.165, 1.54) is 38.4 Å². The molecule has 210 valence electrons. The van der Waals surface area contributed by atoms with Crippen LogP contribution in [0.1, 0.15) is 76.4 Å². The van der Waals surface area contributed by atoms with Crippen LogP contribution in [-0.4, -0.2) is 11.8 Å². The number of rotatable bonds is 6. The van der Waals surface area contributed by atoms with Gasteiger partial charge in [-0.25, -0.2) is 0 Å². The summed E-state index contributed by atoms with van der Waals surface area (Å²) in [5.41, 5.74) is 7.47. The van der Waals surface area contributed by atoms with Crippen LogP contribution in [0.25, 0.3) is 21.7 Å². The monoisotopic (exact) mass is 543 g/mol. The van der Waals surface area contributed by atoms with Gasteiger partial charge in [-0.05, 0) is 86.4 Å². The number of nitrogens with zero attached hydrogens (tertiary/aromatic N) is 1. The Morgan fingerprint density at radius 3 is 2.00 bits per heavy atom. The van der Waals surface area contributed by atoms with Crippen molar-refractivity contribution in [1.29, 1.82) is 0 Å². The van der Waals surface area contributed by atoms with Gasteiger partial charge in [-0.15, -0.1) is 0 Å². The van der Waals surface area contributed by atoms with Gasteiger partial charge in [0.25, 0.3) is 0 Å². The second-order valence-electron chi connectivity index (χ2n) is 14.0. The summed E-state index contributed by atoms with van der Waals surface area (Å²) in [6.07, 6.45) is 1.82. The average molecular weight is 544 g/mol. The topological polar surface area (TPSA) is 31.4 Å². The molecule has 0 saturated heterocycles. The van der Waals surface area contributed by atoms with E-state index in [-0.39, 0.29) is 16.2 Å². The van der Waals surface area contributed by atoms with E-state index in [0.29, 0.717) is 6.79 Å². The molecule has 0 spiro atoms. The van der Waals surface area contributed by atoms with Crippen LogP contribution in [0.5, 0.6) is 11.5 Å². The van der Waals surface area contributed by atoms with Crippen LogP contribution >= 0.6 is 0 Å². The molecule has 3 nitrogen and oxygen atoms in total. The van der Waals surface area contributed by atoms with Crippen molar-refractivity contribution in [2.75, 3.05) is 6.79 Å². The van der Waals surface area contributed by atoms with Crippen LogP contribution in [0.15, 0.2) is 84.9 Å². The Hall–Kier alpha value is -3.85. The first-order chi connectivity index (χ1) is 19.4. The van der Waals surface area contributed by atoms with Crippen LogP contribution in [-0.2, 0) is 29.1 Å². The fourth-order valence-corrected chi connectivity index (χ4v) is 6.04. The van der Waals surface area contributed by atoms with Gasteiger partial charge in [0.2, 0.25) is 6.79 Å². The summed E-state index contributed by atoms with van der Waals surface area (Å²) in [5, 5.41) is 3.75. The van der Waals surface area contributed by atoms with Crippen molar-refractivity contribution >= 4 is 21.7 Å². The largest absolute Gasteiger partial charge is 0.454 e. The third kappa shape index (κ3) is 5.55. The number of ether oxygens (including phenoxy) is 2. The highest BCUT2D eigenvalue weighted by Crippen LogP contribution is 2.38. The van der Waals surface area contributed by atoms with E-state index >= 15 is 0 Å². The highest BCUT2D eigenvalue weighted by molar-refractivity contribution is 5.84. The van der Waals surface area contributed by atoms with E-state index in [4.69, 9.17) is 14.5 Å². The van der Waals surface area contributed by atoms with Crippen molar-refractivity contribution in [3.8, 4) is 11.5 Å². The first-order valence-corrected chi connectivity index (χ1v) is 14.7. The van der Waals surface area contributed by atoms with Crippen LogP contribution in [0.4, 0.5) is 0 Å². The Kier molecular flexibility index (Phi) is 6.60. The lowest BCUT2D eigenvalue weighted by Crippen LogP contribution is -2.21. The van der Waals surface area contributed by atoms with E-state index in [1.54, 1.807) is 0 Å². The molecule has 1 aliphatic rings. The molecule has 0 radical (unpaired) electrons. The minimum Gasteiger partial charge on any atom is -0.454 e. The van der Waals surface area contributed by atoms with Crippen LogP contribution in [0.2, 0.25) is 0 Å². The summed E-state index contributed by atoms with van der Waals surface area (Å²) in [7, 11) is 0. The van der Waals surface area contributed by atoms with Gasteiger partial charge in [0.1, 0.15) is 0 Å². The molecule has 0 amide bonds. The van der Waals surface area contributed by atoms with Crippen molar-refractivity contribution in [3.05, 3.63) is 113 Å². The Bertz CT molecular complexity index is 1760. The molecule has 0 atom stereocenters. The van der Waals surface area contributed by atoms with Gasteiger partial charge in [-0.1, -0.05) is 109 Å². The summed E-state index contributed by atoms with van der Waals surface area (Å²) < 4.78 is 11.2. The summed E-state index contributed by atoms with van der Waals surface area (Å²) >= 11 is 0. The number of hydrogen-bond acceptors (Lipinski definition) is 3. The minimum atomic E-state index is -0.0573. The van der Waals surface area contributed by atoms with Crippen LogP contribution in [0.3, 0.4) is 0 Å². The maximum atomic E-state index is 5.64. The first kappa shape index (κ1) is 27.3. The smallest absolute Gasteiger partial charge is 0.231 e. The van der Waals surface area contributed by atoms with Gasteiger partial charge in [0, 0.05) is 11.1 Å². The maximum Gasteiger partial charge on any atom is 0.231 e. The van der Waals surface area contributed by atoms with Crippen molar-refractivity contribution in [2.24, 2.45) is 0 Å². The van der Waals surface area contributed by atoms with E-state index in [1.807, 2.05) is 6.07 Å². The fourth-order valence-electron chi connectivity index (χ4n) is 6.04. The van der Waals surface area contributed by atoms with Crippen LogP contribution < -0.4 is 9.47 Å². The molecule has 0 N–H and O–H groups in total. The van der Waals surface area contributed by atoms with Gasteiger partial charge < -0.3 is 9.47 Å². The zero-order chi connectivity index (χ0) is 29.0. The van der Waals surface area contributed by atoms with Crippen molar-refractivity contribution in [3.63, 3.8) is 0 Å². The number of fused-ring (bicyclic) bond motifs is 3. The zero-order valence-corrected chi connectivity index (χ0v) is 25.5. The molecule has 0 bridgehead atoms. The predicted molar refractivity (Wildman–Crippen MR) is 170 cm³/mol. The molecule has 1 aromatic heterocycles. The summed E-state index contributed by atoms with van der Waals surface area (Å²) in [4.78, 5) is 5.11. The molecule has 5 aromatic rings. The van der Waals surface area contributed by atoms with Gasteiger partial charge in [0.15, 0.2) is 11.5 Å². The molecule has 0 aliphatic carbocycles. The molecular weight excluding hydrogens is 502 g/mol. The predicted octanol–water partition coefficient (Wildman–Crippen LogP) is 9.45. The third-order valence-electron chi connectivity index (χ3n) is 8.73. The normalized spacial score (nSPS) is 13.7. The molecule has 6 rings (SSSR count). The molecule has 1 aliphatic heterocycles. The lowest BCUT2D eigenvalue weighted by molar-refractivity contribution is 0.174. The summed E-state index contributed by atoms with van der Waals surface area (Å²) in [5.74, 6) is 1.68. The standard InChI is InChI=1S/C38H41NO2/c1-36(2,3)29-13-11-27-12-16-32(39-33(27)20-29)23-38(6,7)30-14-10-26-9-8-25(18-28(26)19-30)22-37(4,5)31-15-17-34-35(21-31)41-24-40-34/h8-21H,22-24H2,1-7H3. The summed E-state index contributed by atoms with van der Waals surface area (Å²) in [6, 6.07) is 31.3. The van der Waals surface area contributed by atoms with E-state index in [0.717, 1.165) is 35.6 Å². The number of pyridine rings is 1. The van der Waals surface area contributed by atoms with Gasteiger partial charge in [-0.2, -0.15) is 0 Å². The summed E-state index contributed by atoms with van der Waals surface area (Å²) in [6.45, 7) is 16.3. The average Bonchev–Trinajstić information content (AvgIpc) is 3.39. The third-order valence-corrected chi connectivity index (χ3v) is 8.73. The second kappa shape index (κ2) is 9.91. The molecule has 0 unspecified atom stereocenters. The van der Waals surface area contributed by atoms with Crippen LogP contribution in [0, 0.1) is 0 Å². The minimum absolute atomic E-state index is 0.0415. The number of benzene rings is 4. The molecular formula is C38H41NO2. The fraction of sp³-hybridized carbons (Fsp3) is 0.342. The molecule has 0 saturated carbocycles. The molecule has 3 heteroatoms. The SMILES string of the molecule is CC(C)(C)c1ccc2ccc(CC(C)(C)c3ccc4ccc(CC(C)(C)c5ccc6c(c5)OCO6)cc4c3)nc2c1. The lowest BCUT2D eigenvalue weighted by Gasteiger charge is -2.27.